The third kappa shape index (κ3) is 2.16. The van der Waals surface area contributed by atoms with Gasteiger partial charge in [-0.3, -0.25) is 4.79 Å². The van der Waals surface area contributed by atoms with Crippen LogP contribution in [-0.4, -0.2) is 16.2 Å². The number of aliphatic hydroxyl groups excluding tert-OH is 1. The molecule has 5 heteroatoms. The Morgan fingerprint density at radius 2 is 1.91 bits per heavy atom. The Kier molecular flexibility index (Phi) is 3.22. The first-order chi connectivity index (χ1) is 10.4. The maximum Gasteiger partial charge on any atom is 0.335 e. The third-order valence-electron chi connectivity index (χ3n) is 3.71. The third-order valence-corrected chi connectivity index (χ3v) is 3.71. The van der Waals surface area contributed by atoms with Crippen molar-refractivity contribution >= 4 is 27.9 Å². The summed E-state index contributed by atoms with van der Waals surface area (Å²) in [4.78, 5) is 23.7. The van der Waals surface area contributed by atoms with Crippen molar-refractivity contribution in [1.29, 1.82) is 0 Å². The summed E-state index contributed by atoms with van der Waals surface area (Å²) in [5.41, 5.74) is 1.88. The second-order valence-electron chi connectivity index (χ2n) is 5.34. The van der Waals surface area contributed by atoms with Gasteiger partial charge in [-0.15, -0.1) is 0 Å². The zero-order valence-corrected chi connectivity index (χ0v) is 12.1. The van der Waals surface area contributed by atoms with Crippen LogP contribution in [0.15, 0.2) is 39.5 Å². The Bertz CT molecular complexity index is 966. The molecule has 0 aliphatic carbocycles. The lowest BCUT2D eigenvalue weighted by Crippen LogP contribution is -2.06. The minimum absolute atomic E-state index is 0.0301. The first-order valence-corrected chi connectivity index (χ1v) is 6.81. The van der Waals surface area contributed by atoms with E-state index >= 15 is 0 Å². The number of aromatic carboxylic acids is 1. The number of hydrogen-bond acceptors (Lipinski definition) is 4. The van der Waals surface area contributed by atoms with Crippen LogP contribution >= 0.6 is 0 Å². The first-order valence-electron chi connectivity index (χ1n) is 6.81. The first kappa shape index (κ1) is 14.3. The van der Waals surface area contributed by atoms with Crippen LogP contribution < -0.4 is 5.43 Å². The minimum atomic E-state index is -1.10. The number of carbonyl (C=O) groups is 1. The number of hydrogen-bond donors (Lipinski definition) is 2. The average molecular weight is 298 g/mol. The predicted octanol–water partition coefficient (Wildman–Crippen LogP) is 3.01. The van der Waals surface area contributed by atoms with Gasteiger partial charge in [-0.25, -0.2) is 4.79 Å². The zero-order chi connectivity index (χ0) is 16.0. The van der Waals surface area contributed by atoms with Crippen LogP contribution in [-0.2, 0) is 0 Å². The fourth-order valence-electron chi connectivity index (χ4n) is 2.53. The second kappa shape index (κ2) is 4.96. The summed E-state index contributed by atoms with van der Waals surface area (Å²) >= 11 is 0. The number of aliphatic hydroxyl groups is 1. The van der Waals surface area contributed by atoms with Crippen LogP contribution in [0.5, 0.6) is 0 Å². The quantitative estimate of drug-likeness (QED) is 0.710. The van der Waals surface area contributed by atoms with Crippen molar-refractivity contribution in [2.45, 2.75) is 20.0 Å². The van der Waals surface area contributed by atoms with Gasteiger partial charge in [0.05, 0.1) is 22.4 Å². The summed E-state index contributed by atoms with van der Waals surface area (Å²) in [5.74, 6) is -1.10. The van der Waals surface area contributed by atoms with E-state index in [1.54, 1.807) is 26.0 Å². The topological polar surface area (TPSA) is 87.7 Å². The van der Waals surface area contributed by atoms with Crippen molar-refractivity contribution in [1.82, 2.24) is 0 Å². The Morgan fingerprint density at radius 3 is 2.55 bits per heavy atom. The highest BCUT2D eigenvalue weighted by atomic mass is 16.4. The Labute approximate surface area is 125 Å². The molecule has 0 aliphatic heterocycles. The van der Waals surface area contributed by atoms with Gasteiger partial charge in [0.1, 0.15) is 11.2 Å². The average Bonchev–Trinajstić information content (AvgIpc) is 2.47. The number of fused-ring (bicyclic) bond motifs is 2. The van der Waals surface area contributed by atoms with Gasteiger partial charge in [0.2, 0.25) is 5.43 Å². The molecule has 0 saturated carbocycles. The lowest BCUT2D eigenvalue weighted by atomic mass is 10.0. The molecule has 0 saturated heterocycles. The molecule has 0 bridgehead atoms. The van der Waals surface area contributed by atoms with Gasteiger partial charge in [0.15, 0.2) is 0 Å². The maximum atomic E-state index is 12.7. The van der Waals surface area contributed by atoms with E-state index in [4.69, 9.17) is 9.52 Å². The molecule has 5 nitrogen and oxygen atoms in total. The van der Waals surface area contributed by atoms with Gasteiger partial charge in [-0.05, 0) is 55.3 Å². The molecule has 0 spiro atoms. The van der Waals surface area contributed by atoms with Crippen molar-refractivity contribution in [2.75, 3.05) is 0 Å². The molecule has 0 aliphatic rings. The van der Waals surface area contributed by atoms with Crippen LogP contribution in [0, 0.1) is 6.92 Å². The van der Waals surface area contributed by atoms with E-state index in [0.29, 0.717) is 22.1 Å². The molecule has 3 rings (SSSR count). The largest absolute Gasteiger partial charge is 0.478 e. The van der Waals surface area contributed by atoms with Crippen molar-refractivity contribution < 1.29 is 19.4 Å². The van der Waals surface area contributed by atoms with Crippen molar-refractivity contribution in [3.63, 3.8) is 0 Å². The van der Waals surface area contributed by atoms with Crippen LogP contribution in [0.1, 0.15) is 34.5 Å². The SMILES string of the molecule is Cc1cc(C(C)O)cc2c(=O)c3cc(C(=O)O)ccc3oc12. The van der Waals surface area contributed by atoms with E-state index in [0.717, 1.165) is 5.56 Å². The fourth-order valence-corrected chi connectivity index (χ4v) is 2.53. The highest BCUT2D eigenvalue weighted by molar-refractivity contribution is 5.96. The lowest BCUT2D eigenvalue weighted by molar-refractivity contribution is 0.0697. The van der Waals surface area contributed by atoms with Crippen LogP contribution in [0.3, 0.4) is 0 Å². The van der Waals surface area contributed by atoms with Gasteiger partial charge in [-0.2, -0.15) is 0 Å². The normalized spacial score (nSPS) is 12.7. The molecule has 1 atom stereocenters. The highest BCUT2D eigenvalue weighted by Crippen LogP contribution is 2.26. The summed E-state index contributed by atoms with van der Waals surface area (Å²) in [6.45, 7) is 3.42. The second-order valence-corrected chi connectivity index (χ2v) is 5.34. The molecular weight excluding hydrogens is 284 g/mol. The van der Waals surface area contributed by atoms with Crippen LogP contribution in [0.25, 0.3) is 21.9 Å². The number of carboxylic acids is 1. The van der Waals surface area contributed by atoms with E-state index in [2.05, 4.69) is 0 Å². The van der Waals surface area contributed by atoms with E-state index in [-0.39, 0.29) is 16.4 Å². The molecule has 22 heavy (non-hydrogen) atoms. The Morgan fingerprint density at radius 1 is 1.18 bits per heavy atom. The lowest BCUT2D eigenvalue weighted by Gasteiger charge is -2.09. The van der Waals surface area contributed by atoms with Gasteiger partial charge >= 0.3 is 5.97 Å². The van der Waals surface area contributed by atoms with Gasteiger partial charge < -0.3 is 14.6 Å². The minimum Gasteiger partial charge on any atom is -0.478 e. The van der Waals surface area contributed by atoms with E-state index in [1.165, 1.54) is 18.2 Å². The predicted molar refractivity (Wildman–Crippen MR) is 82.3 cm³/mol. The molecule has 112 valence electrons. The van der Waals surface area contributed by atoms with E-state index in [1.807, 2.05) is 0 Å². The van der Waals surface area contributed by atoms with Gasteiger partial charge in [0.25, 0.3) is 0 Å². The molecule has 0 fully saturated rings. The summed E-state index contributed by atoms with van der Waals surface area (Å²) in [6, 6.07) is 7.56. The maximum absolute atomic E-state index is 12.7. The molecular formula is C17H14O5. The Balaban J connectivity index is 2.45. The molecule has 3 aromatic rings. The Hall–Kier alpha value is -2.66. The van der Waals surface area contributed by atoms with Gasteiger partial charge in [-0.1, -0.05) is 0 Å². The van der Waals surface area contributed by atoms with Crippen molar-refractivity contribution in [3.05, 3.63) is 57.2 Å². The number of rotatable bonds is 2. The van der Waals surface area contributed by atoms with Gasteiger partial charge in [0, 0.05) is 0 Å². The van der Waals surface area contributed by atoms with E-state index < -0.39 is 12.1 Å². The molecule has 0 amide bonds. The van der Waals surface area contributed by atoms with E-state index in [9.17, 15) is 14.7 Å². The molecule has 0 radical (unpaired) electrons. The number of aryl methyl sites for hydroxylation is 1. The van der Waals surface area contributed by atoms with Crippen molar-refractivity contribution in [3.8, 4) is 0 Å². The number of benzene rings is 2. The molecule has 1 aromatic heterocycles. The molecule has 2 N–H and O–H groups in total. The van der Waals surface area contributed by atoms with Crippen LogP contribution in [0.4, 0.5) is 0 Å². The summed E-state index contributed by atoms with van der Waals surface area (Å²) < 4.78 is 5.75. The zero-order valence-electron chi connectivity index (χ0n) is 12.1. The summed E-state index contributed by atoms with van der Waals surface area (Å²) in [7, 11) is 0. The van der Waals surface area contributed by atoms with Crippen LogP contribution in [0.2, 0.25) is 0 Å². The molecule has 2 aromatic carbocycles. The molecule has 1 unspecified atom stereocenters. The summed E-state index contributed by atoms with van der Waals surface area (Å²) in [6.07, 6.45) is -0.705. The highest BCUT2D eigenvalue weighted by Gasteiger charge is 2.14. The molecule has 1 heterocycles. The monoisotopic (exact) mass is 298 g/mol. The number of carboxylic acid groups (broad SMARTS) is 1. The van der Waals surface area contributed by atoms with Crippen molar-refractivity contribution in [2.24, 2.45) is 0 Å². The summed E-state index contributed by atoms with van der Waals surface area (Å²) in [5, 5.41) is 19.3. The standard InChI is InChI=1S/C17H14O5/c1-8-5-11(9(2)18)7-13-15(19)12-6-10(17(20)21)3-4-14(12)22-16(8)13/h3-7,9,18H,1-2H3,(H,20,21). The smallest absolute Gasteiger partial charge is 0.335 e. The fraction of sp³-hybridized carbons (Fsp3) is 0.176.